The van der Waals surface area contributed by atoms with Gasteiger partial charge in [0.15, 0.2) is 11.5 Å². The molecule has 2 heterocycles. The molecule has 1 N–H and O–H groups in total. The molecule has 1 atom stereocenters. The Labute approximate surface area is 147 Å². The Bertz CT molecular complexity index is 905. The fourth-order valence-corrected chi connectivity index (χ4v) is 3.21. The molecule has 0 amide bonds. The van der Waals surface area contributed by atoms with Crippen LogP contribution in [0, 0.1) is 38.0 Å². The molecule has 1 aliphatic carbocycles. The van der Waals surface area contributed by atoms with E-state index < -0.39 is 0 Å². The fourth-order valence-electron chi connectivity index (χ4n) is 3.21. The van der Waals surface area contributed by atoms with Crippen LogP contribution < -0.4 is 10.9 Å². The lowest BCUT2D eigenvalue weighted by Crippen LogP contribution is -2.29. The second kappa shape index (κ2) is 6.67. The predicted octanol–water partition coefficient (Wildman–Crippen LogP) is 3.54. The normalized spacial score (nSPS) is 14.8. The monoisotopic (exact) mass is 337 g/mol. The number of aromatic nitrogens is 3. The molecule has 2 aromatic rings. The fraction of sp³-hybridized carbons (Fsp3) is 0.474. The van der Waals surface area contributed by atoms with Crippen LogP contribution in [0.5, 0.6) is 0 Å². The minimum absolute atomic E-state index is 0.127. The van der Waals surface area contributed by atoms with Gasteiger partial charge < -0.3 is 9.88 Å². The van der Waals surface area contributed by atoms with Gasteiger partial charge in [0, 0.05) is 17.9 Å². The smallest absolute Gasteiger partial charge is 0.294 e. The van der Waals surface area contributed by atoms with Gasteiger partial charge in [0.1, 0.15) is 6.07 Å². The van der Waals surface area contributed by atoms with Crippen LogP contribution in [0.1, 0.15) is 54.9 Å². The van der Waals surface area contributed by atoms with Crippen LogP contribution in [-0.4, -0.2) is 14.5 Å². The summed E-state index contributed by atoms with van der Waals surface area (Å²) in [7, 11) is 0. The summed E-state index contributed by atoms with van der Waals surface area (Å²) in [6.45, 7) is 7.90. The maximum Gasteiger partial charge on any atom is 0.294 e. The van der Waals surface area contributed by atoms with Crippen molar-refractivity contribution in [3.8, 4) is 6.07 Å². The average molecular weight is 337 g/mol. The zero-order valence-corrected chi connectivity index (χ0v) is 15.1. The van der Waals surface area contributed by atoms with Crippen molar-refractivity contribution in [2.24, 2.45) is 5.92 Å². The van der Waals surface area contributed by atoms with Gasteiger partial charge in [-0.25, -0.2) is 4.98 Å². The molecule has 1 fully saturated rings. The SMILES string of the molecule is CC[C@H](C1CC1)n1cc(C#N)nc(Nc2cc(C)c(C)nc2C)c1=O. The van der Waals surface area contributed by atoms with Crippen molar-refractivity contribution < 1.29 is 0 Å². The first-order chi connectivity index (χ1) is 11.9. The third-order valence-corrected chi connectivity index (χ3v) is 4.90. The van der Waals surface area contributed by atoms with Gasteiger partial charge in [-0.2, -0.15) is 5.26 Å². The molecular formula is C19H23N5O. The van der Waals surface area contributed by atoms with E-state index in [-0.39, 0.29) is 23.1 Å². The van der Waals surface area contributed by atoms with E-state index in [0.717, 1.165) is 41.9 Å². The van der Waals surface area contributed by atoms with E-state index >= 15 is 0 Å². The molecule has 0 aromatic carbocycles. The number of nitrogens with zero attached hydrogens (tertiary/aromatic N) is 4. The lowest BCUT2D eigenvalue weighted by molar-refractivity contribution is 0.419. The van der Waals surface area contributed by atoms with Gasteiger partial charge in [0.2, 0.25) is 0 Å². The highest BCUT2D eigenvalue weighted by atomic mass is 16.1. The Balaban J connectivity index is 2.06. The average Bonchev–Trinajstić information content (AvgIpc) is 3.41. The first kappa shape index (κ1) is 17.2. The molecule has 0 spiro atoms. The quantitative estimate of drug-likeness (QED) is 0.902. The summed E-state index contributed by atoms with van der Waals surface area (Å²) in [5.74, 6) is 0.709. The zero-order valence-electron chi connectivity index (χ0n) is 15.1. The highest BCUT2D eigenvalue weighted by Gasteiger charge is 2.32. The van der Waals surface area contributed by atoms with Crippen LogP contribution in [0.3, 0.4) is 0 Å². The number of anilines is 2. The summed E-state index contributed by atoms with van der Waals surface area (Å²) in [6.07, 6.45) is 4.73. The first-order valence-electron chi connectivity index (χ1n) is 8.69. The Hall–Kier alpha value is -2.68. The van der Waals surface area contributed by atoms with Gasteiger partial charge in [-0.05, 0) is 57.6 Å². The van der Waals surface area contributed by atoms with Crippen molar-refractivity contribution in [3.63, 3.8) is 0 Å². The van der Waals surface area contributed by atoms with Crippen molar-refractivity contribution in [2.45, 2.75) is 53.0 Å². The summed E-state index contributed by atoms with van der Waals surface area (Å²) < 4.78 is 1.69. The van der Waals surface area contributed by atoms with E-state index in [1.54, 1.807) is 10.8 Å². The third kappa shape index (κ3) is 3.41. The van der Waals surface area contributed by atoms with E-state index in [1.165, 1.54) is 0 Å². The molecule has 6 heteroatoms. The number of rotatable bonds is 5. The van der Waals surface area contributed by atoms with Gasteiger partial charge in [-0.1, -0.05) is 6.92 Å². The summed E-state index contributed by atoms with van der Waals surface area (Å²) in [6, 6.07) is 4.15. The van der Waals surface area contributed by atoms with Crippen LogP contribution in [0.2, 0.25) is 0 Å². The maximum atomic E-state index is 12.9. The van der Waals surface area contributed by atoms with Crippen molar-refractivity contribution in [1.29, 1.82) is 5.26 Å². The molecule has 2 aromatic heterocycles. The summed E-state index contributed by atoms with van der Waals surface area (Å²) >= 11 is 0. The number of hydrogen-bond donors (Lipinski definition) is 1. The van der Waals surface area contributed by atoms with E-state index in [4.69, 9.17) is 0 Å². The molecule has 0 unspecified atom stereocenters. The van der Waals surface area contributed by atoms with Gasteiger partial charge >= 0.3 is 0 Å². The molecule has 1 aliphatic rings. The van der Waals surface area contributed by atoms with E-state index in [9.17, 15) is 10.1 Å². The third-order valence-electron chi connectivity index (χ3n) is 4.90. The lowest BCUT2D eigenvalue weighted by Gasteiger charge is -2.19. The minimum atomic E-state index is -0.185. The standard InChI is InChI=1S/C19H23N5O/c1-5-17(14-6-7-14)24-10-15(9-20)22-18(19(24)25)23-16-8-11(2)12(3)21-13(16)4/h8,10,14,17H,5-7H2,1-4H3,(H,22,23)/t17-/m1/s1. The predicted molar refractivity (Wildman–Crippen MR) is 97.0 cm³/mol. The Morgan fingerprint density at radius 2 is 2.04 bits per heavy atom. The van der Waals surface area contributed by atoms with E-state index in [0.29, 0.717) is 5.92 Å². The van der Waals surface area contributed by atoms with Crippen molar-refractivity contribution in [2.75, 3.05) is 5.32 Å². The zero-order chi connectivity index (χ0) is 18.1. The van der Waals surface area contributed by atoms with E-state index in [2.05, 4.69) is 28.3 Å². The largest absolute Gasteiger partial charge is 0.334 e. The molecule has 0 bridgehead atoms. The van der Waals surface area contributed by atoms with Gasteiger partial charge in [-0.15, -0.1) is 0 Å². The summed E-state index contributed by atoms with van der Waals surface area (Å²) in [5, 5.41) is 12.4. The lowest BCUT2D eigenvalue weighted by atomic mass is 10.1. The number of nitriles is 1. The Kier molecular flexibility index (Phi) is 4.58. The van der Waals surface area contributed by atoms with E-state index in [1.807, 2.05) is 26.8 Å². The Morgan fingerprint density at radius 1 is 1.32 bits per heavy atom. The van der Waals surface area contributed by atoms with Crippen LogP contribution in [-0.2, 0) is 0 Å². The Morgan fingerprint density at radius 3 is 2.64 bits per heavy atom. The van der Waals surface area contributed by atoms with Crippen LogP contribution in [0.25, 0.3) is 0 Å². The molecule has 0 saturated heterocycles. The van der Waals surface area contributed by atoms with Gasteiger partial charge in [0.25, 0.3) is 5.56 Å². The van der Waals surface area contributed by atoms with Crippen LogP contribution in [0.15, 0.2) is 17.1 Å². The molecule has 0 radical (unpaired) electrons. The molecule has 3 rings (SSSR count). The minimum Gasteiger partial charge on any atom is -0.334 e. The van der Waals surface area contributed by atoms with Crippen LogP contribution in [0.4, 0.5) is 11.5 Å². The molecule has 25 heavy (non-hydrogen) atoms. The molecule has 130 valence electrons. The topological polar surface area (TPSA) is 83.6 Å². The van der Waals surface area contributed by atoms with Crippen LogP contribution >= 0.6 is 0 Å². The second-order valence-corrected chi connectivity index (χ2v) is 6.76. The molecular weight excluding hydrogens is 314 g/mol. The molecule has 6 nitrogen and oxygen atoms in total. The van der Waals surface area contributed by atoms with Gasteiger partial charge in [-0.3, -0.25) is 9.78 Å². The summed E-state index contributed by atoms with van der Waals surface area (Å²) in [4.78, 5) is 21.6. The number of hydrogen-bond acceptors (Lipinski definition) is 5. The first-order valence-corrected chi connectivity index (χ1v) is 8.69. The number of pyridine rings is 1. The highest BCUT2D eigenvalue weighted by Crippen LogP contribution is 2.41. The molecule has 1 saturated carbocycles. The summed E-state index contributed by atoms with van der Waals surface area (Å²) in [5.41, 5.74) is 3.60. The van der Waals surface area contributed by atoms with Crippen molar-refractivity contribution >= 4 is 11.5 Å². The molecule has 0 aliphatic heterocycles. The van der Waals surface area contributed by atoms with Gasteiger partial charge in [0.05, 0.1) is 11.4 Å². The van der Waals surface area contributed by atoms with Crippen molar-refractivity contribution in [1.82, 2.24) is 14.5 Å². The maximum absolute atomic E-state index is 12.9. The van der Waals surface area contributed by atoms with Crippen molar-refractivity contribution in [3.05, 3.63) is 45.3 Å². The number of aryl methyl sites for hydroxylation is 3. The highest BCUT2D eigenvalue weighted by molar-refractivity contribution is 5.59. The number of nitrogens with one attached hydrogen (secondary N) is 1. The second-order valence-electron chi connectivity index (χ2n) is 6.76.